The van der Waals surface area contributed by atoms with Crippen LogP contribution in [0, 0.1) is 6.92 Å². The summed E-state index contributed by atoms with van der Waals surface area (Å²) in [5.41, 5.74) is 1.50. The molecule has 7 heteroatoms. The number of carbonyl (C=O) groups is 1. The molecule has 1 aliphatic heterocycles. The summed E-state index contributed by atoms with van der Waals surface area (Å²) in [5, 5.41) is 4.13. The molecular formula is C16H19F2N3O2. The summed E-state index contributed by atoms with van der Waals surface area (Å²) >= 11 is 0. The lowest BCUT2D eigenvalue weighted by molar-refractivity contribution is 0.0683. The van der Waals surface area contributed by atoms with Gasteiger partial charge in [0.2, 0.25) is 0 Å². The third-order valence-corrected chi connectivity index (χ3v) is 4.35. The fourth-order valence-electron chi connectivity index (χ4n) is 3.12. The number of aromatic nitrogens is 2. The van der Waals surface area contributed by atoms with E-state index in [-0.39, 0.29) is 17.7 Å². The second-order valence-electron chi connectivity index (χ2n) is 5.91. The lowest BCUT2D eigenvalue weighted by atomic mass is 10.1. The molecule has 3 rings (SSSR count). The van der Waals surface area contributed by atoms with Crippen molar-refractivity contribution in [2.24, 2.45) is 7.05 Å². The second-order valence-corrected chi connectivity index (χ2v) is 5.91. The molecule has 23 heavy (non-hydrogen) atoms. The molecule has 1 atom stereocenters. The van der Waals surface area contributed by atoms with Crippen LogP contribution in [0.3, 0.4) is 0 Å². The first-order valence-electron chi connectivity index (χ1n) is 7.63. The Labute approximate surface area is 132 Å². The first kappa shape index (κ1) is 15.7. The predicted molar refractivity (Wildman–Crippen MR) is 79.4 cm³/mol. The van der Waals surface area contributed by atoms with Gasteiger partial charge in [-0.15, -0.1) is 0 Å². The number of likely N-dealkylation sites (tertiary alicyclic amines) is 1. The number of carbonyl (C=O) groups excluding carboxylic acids is 1. The maximum Gasteiger partial charge on any atom is 0.295 e. The lowest BCUT2D eigenvalue weighted by Crippen LogP contribution is -2.37. The number of rotatable bonds is 4. The zero-order chi connectivity index (χ0) is 16.6. The normalized spacial score (nSPS) is 18.1. The van der Waals surface area contributed by atoms with Crippen LogP contribution in [0.5, 0.6) is 0 Å². The molecule has 1 aliphatic rings. The van der Waals surface area contributed by atoms with Crippen molar-refractivity contribution in [2.75, 3.05) is 6.54 Å². The van der Waals surface area contributed by atoms with Gasteiger partial charge in [-0.2, -0.15) is 5.10 Å². The molecule has 124 valence electrons. The number of hydrogen-bond donors (Lipinski definition) is 0. The molecule has 1 fully saturated rings. The van der Waals surface area contributed by atoms with Gasteiger partial charge in [-0.3, -0.25) is 9.48 Å². The van der Waals surface area contributed by atoms with Gasteiger partial charge in [0.05, 0.1) is 0 Å². The molecule has 0 aliphatic carbocycles. The predicted octanol–water partition coefficient (Wildman–Crippen LogP) is 3.11. The van der Waals surface area contributed by atoms with Gasteiger partial charge >= 0.3 is 0 Å². The van der Waals surface area contributed by atoms with E-state index in [1.807, 2.05) is 13.1 Å². The van der Waals surface area contributed by atoms with Crippen LogP contribution in [0.4, 0.5) is 8.78 Å². The zero-order valence-corrected chi connectivity index (χ0v) is 13.1. The minimum absolute atomic E-state index is 0.0252. The van der Waals surface area contributed by atoms with Gasteiger partial charge in [-0.1, -0.05) is 0 Å². The molecule has 5 nitrogen and oxygen atoms in total. The van der Waals surface area contributed by atoms with E-state index in [0.29, 0.717) is 18.5 Å². The van der Waals surface area contributed by atoms with E-state index in [2.05, 4.69) is 5.10 Å². The van der Waals surface area contributed by atoms with Gasteiger partial charge < -0.3 is 9.32 Å². The lowest BCUT2D eigenvalue weighted by Gasteiger charge is -2.24. The van der Waals surface area contributed by atoms with E-state index in [0.717, 1.165) is 18.5 Å². The van der Waals surface area contributed by atoms with Crippen molar-refractivity contribution in [3.63, 3.8) is 0 Å². The van der Waals surface area contributed by atoms with Crippen molar-refractivity contribution in [1.82, 2.24) is 14.7 Å². The Bertz CT molecular complexity index is 708. The SMILES string of the molecule is Cc1cc(C(F)F)oc1C(=O)N1CCC[C@H]1Cc1ccnn1C. The minimum Gasteiger partial charge on any atom is -0.450 e. The second kappa shape index (κ2) is 6.14. The highest BCUT2D eigenvalue weighted by atomic mass is 19.3. The number of hydrogen-bond acceptors (Lipinski definition) is 3. The van der Waals surface area contributed by atoms with Crippen molar-refractivity contribution in [2.45, 2.75) is 38.7 Å². The monoisotopic (exact) mass is 323 g/mol. The highest BCUT2D eigenvalue weighted by molar-refractivity contribution is 5.93. The summed E-state index contributed by atoms with van der Waals surface area (Å²) in [6.07, 6.45) is 1.50. The van der Waals surface area contributed by atoms with Crippen molar-refractivity contribution < 1.29 is 18.0 Å². The van der Waals surface area contributed by atoms with Crippen LogP contribution in [0.15, 0.2) is 22.7 Å². The van der Waals surface area contributed by atoms with E-state index in [1.54, 1.807) is 22.7 Å². The van der Waals surface area contributed by atoms with Gasteiger partial charge in [0.25, 0.3) is 12.3 Å². The molecule has 0 radical (unpaired) electrons. The molecule has 3 heterocycles. The van der Waals surface area contributed by atoms with E-state index in [1.165, 1.54) is 6.07 Å². The van der Waals surface area contributed by atoms with Crippen molar-refractivity contribution in [3.05, 3.63) is 41.1 Å². The first-order chi connectivity index (χ1) is 11.0. The molecule has 1 amide bonds. The maximum absolute atomic E-state index is 12.7. The number of aryl methyl sites for hydroxylation is 2. The fraction of sp³-hybridized carbons (Fsp3) is 0.500. The van der Waals surface area contributed by atoms with Gasteiger partial charge in [0.15, 0.2) is 11.5 Å². The summed E-state index contributed by atoms with van der Waals surface area (Å²) in [6, 6.07) is 3.20. The van der Waals surface area contributed by atoms with Gasteiger partial charge in [-0.25, -0.2) is 8.78 Å². The molecule has 0 spiro atoms. The third kappa shape index (κ3) is 3.00. The summed E-state index contributed by atoms with van der Waals surface area (Å²) in [6.45, 7) is 2.24. The fourth-order valence-corrected chi connectivity index (χ4v) is 3.12. The Morgan fingerprint density at radius 2 is 2.30 bits per heavy atom. The van der Waals surface area contributed by atoms with Gasteiger partial charge in [-0.05, 0) is 31.9 Å². The third-order valence-electron chi connectivity index (χ3n) is 4.35. The van der Waals surface area contributed by atoms with Crippen molar-refractivity contribution in [3.8, 4) is 0 Å². The van der Waals surface area contributed by atoms with Crippen LogP contribution in [-0.2, 0) is 13.5 Å². The molecular weight excluding hydrogens is 304 g/mol. The Morgan fingerprint density at radius 3 is 2.91 bits per heavy atom. The van der Waals surface area contributed by atoms with Crippen LogP contribution >= 0.6 is 0 Å². The van der Waals surface area contributed by atoms with E-state index in [9.17, 15) is 13.6 Å². The van der Waals surface area contributed by atoms with Crippen LogP contribution in [0.1, 0.15) is 46.8 Å². The quantitative estimate of drug-likeness (QED) is 0.869. The molecule has 0 aromatic carbocycles. The summed E-state index contributed by atoms with van der Waals surface area (Å²) in [4.78, 5) is 14.4. The summed E-state index contributed by atoms with van der Waals surface area (Å²) in [7, 11) is 1.86. The number of furan rings is 1. The number of amides is 1. The first-order valence-corrected chi connectivity index (χ1v) is 7.63. The maximum atomic E-state index is 12.7. The van der Waals surface area contributed by atoms with Crippen LogP contribution in [0.25, 0.3) is 0 Å². The van der Waals surface area contributed by atoms with Crippen LogP contribution in [-0.4, -0.2) is 33.2 Å². The molecule has 0 N–H and O–H groups in total. The Hall–Kier alpha value is -2.18. The largest absolute Gasteiger partial charge is 0.450 e. The standard InChI is InChI=1S/C16H19F2N3O2/c1-10-8-13(15(17)18)23-14(10)16(22)21-7-3-4-12(21)9-11-5-6-19-20(11)2/h5-6,8,12,15H,3-4,7,9H2,1-2H3/t12-/m0/s1. The summed E-state index contributed by atoms with van der Waals surface area (Å²) < 4.78 is 32.4. The number of halogens is 2. The highest BCUT2D eigenvalue weighted by Gasteiger charge is 2.33. The molecule has 0 bridgehead atoms. The zero-order valence-electron chi connectivity index (χ0n) is 13.1. The number of nitrogens with zero attached hydrogens (tertiary/aromatic N) is 3. The average Bonchev–Trinajstić information content (AvgIpc) is 3.20. The molecule has 1 saturated heterocycles. The Kier molecular flexibility index (Phi) is 4.19. The summed E-state index contributed by atoms with van der Waals surface area (Å²) in [5.74, 6) is -0.732. The highest BCUT2D eigenvalue weighted by Crippen LogP contribution is 2.28. The van der Waals surface area contributed by atoms with Crippen LogP contribution < -0.4 is 0 Å². The van der Waals surface area contributed by atoms with E-state index < -0.39 is 12.2 Å². The molecule has 2 aromatic rings. The molecule has 0 saturated carbocycles. The van der Waals surface area contributed by atoms with Gasteiger partial charge in [0.1, 0.15) is 0 Å². The van der Waals surface area contributed by atoms with Crippen molar-refractivity contribution >= 4 is 5.91 Å². The van der Waals surface area contributed by atoms with Crippen molar-refractivity contribution in [1.29, 1.82) is 0 Å². The molecule has 0 unspecified atom stereocenters. The van der Waals surface area contributed by atoms with Gasteiger partial charge in [0, 0.05) is 43.5 Å². The Morgan fingerprint density at radius 1 is 1.52 bits per heavy atom. The van der Waals surface area contributed by atoms with E-state index in [4.69, 9.17) is 4.42 Å². The van der Waals surface area contributed by atoms with E-state index >= 15 is 0 Å². The minimum atomic E-state index is -2.71. The topological polar surface area (TPSA) is 51.3 Å². The average molecular weight is 323 g/mol. The molecule has 2 aromatic heterocycles. The van der Waals surface area contributed by atoms with Crippen LogP contribution in [0.2, 0.25) is 0 Å². The number of alkyl halides is 2. The smallest absolute Gasteiger partial charge is 0.295 e. The Balaban J connectivity index is 1.79.